The van der Waals surface area contributed by atoms with E-state index in [4.69, 9.17) is 5.11 Å². The molecule has 0 amide bonds. The van der Waals surface area contributed by atoms with Crippen molar-refractivity contribution in [2.45, 2.75) is 20.8 Å². The van der Waals surface area contributed by atoms with Gasteiger partial charge in [0.1, 0.15) is 0 Å². The minimum absolute atomic E-state index is 0.00287. The Bertz CT molecular complexity index is 395. The van der Waals surface area contributed by atoms with Gasteiger partial charge in [0.25, 0.3) is 0 Å². The molecule has 1 N–H and O–H groups in total. The molecule has 0 atom stereocenters. The molecule has 0 aromatic carbocycles. The third kappa shape index (κ3) is 1.96. The van der Waals surface area contributed by atoms with Crippen LogP contribution < -0.4 is 0 Å². The highest BCUT2D eigenvalue weighted by atomic mass is 16.3. The minimum atomic E-state index is 0.00287. The van der Waals surface area contributed by atoms with Crippen molar-refractivity contribution >= 4 is 5.65 Å². The molecule has 4 nitrogen and oxygen atoms in total. The largest absolute Gasteiger partial charge is 0.492 e. The third-order valence-electron chi connectivity index (χ3n) is 1.44. The van der Waals surface area contributed by atoms with Crippen molar-refractivity contribution in [1.29, 1.82) is 0 Å². The second-order valence-electron chi connectivity index (χ2n) is 2.38. The molecule has 2 aromatic rings. The average molecular weight is 179 g/mol. The first-order valence-electron chi connectivity index (χ1n) is 4.28. The van der Waals surface area contributed by atoms with Crippen molar-refractivity contribution in [3.8, 4) is 5.88 Å². The second-order valence-corrected chi connectivity index (χ2v) is 2.38. The standard InChI is InChI=1S/C7H7N3O.C2H6/c1-5-2-3-6-8-7(11)4-10(6)9-5;1-2/h2-4,11H,1H3;1-2H3. The quantitative estimate of drug-likeness (QED) is 0.670. The molecule has 0 aliphatic heterocycles. The lowest BCUT2D eigenvalue weighted by atomic mass is 10.4. The van der Waals surface area contributed by atoms with Crippen LogP contribution in [0, 0.1) is 6.92 Å². The van der Waals surface area contributed by atoms with Gasteiger partial charge in [-0.15, -0.1) is 0 Å². The van der Waals surface area contributed by atoms with Crippen LogP contribution in [-0.4, -0.2) is 19.7 Å². The maximum atomic E-state index is 8.98. The van der Waals surface area contributed by atoms with Gasteiger partial charge in [0, 0.05) is 0 Å². The van der Waals surface area contributed by atoms with E-state index in [1.54, 1.807) is 4.52 Å². The Hall–Kier alpha value is -1.58. The number of aryl methyl sites for hydroxylation is 1. The normalized spacial score (nSPS) is 9.46. The molecule has 4 heteroatoms. The number of aromatic hydroxyl groups is 1. The zero-order valence-corrected chi connectivity index (χ0v) is 8.02. The van der Waals surface area contributed by atoms with E-state index < -0.39 is 0 Å². The van der Waals surface area contributed by atoms with Crippen LogP contribution in [0.25, 0.3) is 5.65 Å². The summed E-state index contributed by atoms with van der Waals surface area (Å²) in [6.07, 6.45) is 1.47. The number of hydrogen-bond donors (Lipinski definition) is 1. The van der Waals surface area contributed by atoms with Crippen LogP contribution in [0.2, 0.25) is 0 Å². The molecule has 0 saturated carbocycles. The smallest absolute Gasteiger partial charge is 0.231 e. The van der Waals surface area contributed by atoms with Gasteiger partial charge in [-0.25, -0.2) is 4.52 Å². The van der Waals surface area contributed by atoms with Crippen molar-refractivity contribution in [3.63, 3.8) is 0 Å². The first-order valence-corrected chi connectivity index (χ1v) is 4.28. The third-order valence-corrected chi connectivity index (χ3v) is 1.44. The number of hydrogen-bond acceptors (Lipinski definition) is 3. The number of nitrogens with zero attached hydrogens (tertiary/aromatic N) is 3. The monoisotopic (exact) mass is 179 g/mol. The summed E-state index contributed by atoms with van der Waals surface area (Å²) in [5.74, 6) is 0.00287. The first-order chi connectivity index (χ1) is 6.25. The predicted octanol–water partition coefficient (Wildman–Crippen LogP) is 1.77. The Morgan fingerprint density at radius 2 is 2.00 bits per heavy atom. The van der Waals surface area contributed by atoms with Gasteiger partial charge < -0.3 is 5.11 Å². The van der Waals surface area contributed by atoms with Crippen molar-refractivity contribution in [1.82, 2.24) is 14.6 Å². The van der Waals surface area contributed by atoms with Gasteiger partial charge >= 0.3 is 0 Å². The van der Waals surface area contributed by atoms with Crippen LogP contribution in [0.15, 0.2) is 18.3 Å². The molecule has 2 heterocycles. The van der Waals surface area contributed by atoms with E-state index in [-0.39, 0.29) is 5.88 Å². The van der Waals surface area contributed by atoms with E-state index >= 15 is 0 Å². The Labute approximate surface area is 76.9 Å². The molecular formula is C9H13N3O. The Kier molecular flexibility index (Phi) is 2.84. The van der Waals surface area contributed by atoms with E-state index in [1.165, 1.54) is 6.20 Å². The van der Waals surface area contributed by atoms with Crippen LogP contribution in [0.5, 0.6) is 5.88 Å². The summed E-state index contributed by atoms with van der Waals surface area (Å²) >= 11 is 0. The van der Waals surface area contributed by atoms with Crippen LogP contribution in [0.1, 0.15) is 19.5 Å². The van der Waals surface area contributed by atoms with Crippen molar-refractivity contribution < 1.29 is 5.11 Å². The molecule has 0 spiro atoms. The molecule has 0 radical (unpaired) electrons. The van der Waals surface area contributed by atoms with Crippen molar-refractivity contribution in [2.75, 3.05) is 0 Å². The summed E-state index contributed by atoms with van der Waals surface area (Å²) in [6, 6.07) is 3.66. The summed E-state index contributed by atoms with van der Waals surface area (Å²) in [6.45, 7) is 5.89. The van der Waals surface area contributed by atoms with Gasteiger partial charge in [0.15, 0.2) is 5.65 Å². The minimum Gasteiger partial charge on any atom is -0.492 e. The summed E-state index contributed by atoms with van der Waals surface area (Å²) in [7, 11) is 0. The van der Waals surface area contributed by atoms with E-state index in [0.29, 0.717) is 5.65 Å². The summed E-state index contributed by atoms with van der Waals surface area (Å²) in [5.41, 5.74) is 1.56. The maximum absolute atomic E-state index is 8.98. The van der Waals surface area contributed by atoms with E-state index in [9.17, 15) is 0 Å². The highest BCUT2D eigenvalue weighted by Gasteiger charge is 1.98. The lowest BCUT2D eigenvalue weighted by Crippen LogP contribution is -1.91. The first kappa shape index (κ1) is 9.51. The molecule has 13 heavy (non-hydrogen) atoms. The van der Waals surface area contributed by atoms with E-state index in [0.717, 1.165) is 5.69 Å². The van der Waals surface area contributed by atoms with Crippen LogP contribution >= 0.6 is 0 Å². The molecule has 0 aliphatic carbocycles. The highest BCUT2D eigenvalue weighted by Crippen LogP contribution is 2.07. The van der Waals surface area contributed by atoms with Crippen LogP contribution in [0.4, 0.5) is 0 Å². The molecular weight excluding hydrogens is 166 g/mol. The topological polar surface area (TPSA) is 50.4 Å². The van der Waals surface area contributed by atoms with Crippen LogP contribution in [0.3, 0.4) is 0 Å². The molecule has 0 fully saturated rings. The molecule has 0 aliphatic rings. The Balaban J connectivity index is 0.000000396. The Morgan fingerprint density at radius 1 is 1.31 bits per heavy atom. The number of rotatable bonds is 0. The SMILES string of the molecule is CC.Cc1ccc2nc(O)cn2n1. The molecule has 0 saturated heterocycles. The summed E-state index contributed by atoms with van der Waals surface area (Å²) in [4.78, 5) is 3.81. The zero-order chi connectivity index (χ0) is 9.84. The Morgan fingerprint density at radius 3 is 2.69 bits per heavy atom. The number of aromatic nitrogens is 3. The van der Waals surface area contributed by atoms with Crippen molar-refractivity contribution in [3.05, 3.63) is 24.0 Å². The van der Waals surface area contributed by atoms with Crippen molar-refractivity contribution in [2.24, 2.45) is 0 Å². The highest BCUT2D eigenvalue weighted by molar-refractivity contribution is 5.39. The molecule has 0 unspecified atom stereocenters. The lowest BCUT2D eigenvalue weighted by Gasteiger charge is -1.91. The van der Waals surface area contributed by atoms with Crippen LogP contribution in [-0.2, 0) is 0 Å². The van der Waals surface area contributed by atoms with E-state index in [1.807, 2.05) is 32.9 Å². The van der Waals surface area contributed by atoms with Gasteiger partial charge in [-0.2, -0.15) is 10.1 Å². The number of imidazole rings is 1. The molecule has 2 aromatic heterocycles. The van der Waals surface area contributed by atoms with Gasteiger partial charge in [-0.1, -0.05) is 13.8 Å². The van der Waals surface area contributed by atoms with Gasteiger partial charge in [-0.3, -0.25) is 0 Å². The average Bonchev–Trinajstić information content (AvgIpc) is 2.48. The van der Waals surface area contributed by atoms with Gasteiger partial charge in [0.05, 0.1) is 11.9 Å². The summed E-state index contributed by atoms with van der Waals surface area (Å²) < 4.78 is 1.55. The second kappa shape index (κ2) is 3.89. The molecule has 2 rings (SSSR count). The van der Waals surface area contributed by atoms with E-state index in [2.05, 4.69) is 10.1 Å². The summed E-state index contributed by atoms with van der Waals surface area (Å²) in [5, 5.41) is 13.1. The lowest BCUT2D eigenvalue weighted by molar-refractivity contribution is 0.457. The fourth-order valence-corrected chi connectivity index (χ4v) is 0.965. The maximum Gasteiger partial charge on any atom is 0.231 e. The fraction of sp³-hybridized carbons (Fsp3) is 0.333. The number of fused-ring (bicyclic) bond motifs is 1. The fourth-order valence-electron chi connectivity index (χ4n) is 0.965. The predicted molar refractivity (Wildman–Crippen MR) is 50.7 cm³/mol. The molecule has 70 valence electrons. The zero-order valence-electron chi connectivity index (χ0n) is 8.02. The molecule has 0 bridgehead atoms. The van der Waals surface area contributed by atoms with Gasteiger partial charge in [0.2, 0.25) is 5.88 Å². The van der Waals surface area contributed by atoms with Gasteiger partial charge in [-0.05, 0) is 19.1 Å².